The van der Waals surface area contributed by atoms with Gasteiger partial charge in [-0.3, -0.25) is 4.90 Å². The average molecular weight is 364 g/mol. The van der Waals surface area contributed by atoms with Gasteiger partial charge < -0.3 is 9.94 Å². The highest BCUT2D eigenvalue weighted by molar-refractivity contribution is 5.90. The maximum Gasteiger partial charge on any atom is 0.332 e. The molecule has 1 aliphatic heterocycles. The SMILES string of the molecule is Cc1ccccc1-c1ccccc1C=NOCCN1CCC=C(C(=O)O)C1. The number of carboxylic acid groups (broad SMARTS) is 1. The number of oxime groups is 1. The number of hydrogen-bond donors (Lipinski definition) is 1. The Morgan fingerprint density at radius 3 is 2.70 bits per heavy atom. The number of rotatable bonds is 7. The first kappa shape index (κ1) is 18.9. The molecule has 0 atom stereocenters. The van der Waals surface area contributed by atoms with Crippen LogP contribution in [0.1, 0.15) is 17.5 Å². The molecule has 0 amide bonds. The molecule has 1 heterocycles. The zero-order valence-electron chi connectivity index (χ0n) is 15.5. The number of aliphatic carboxylic acids is 1. The van der Waals surface area contributed by atoms with Gasteiger partial charge in [-0.2, -0.15) is 0 Å². The highest BCUT2D eigenvalue weighted by Crippen LogP contribution is 2.25. The molecule has 5 heteroatoms. The summed E-state index contributed by atoms with van der Waals surface area (Å²) in [5.74, 6) is -0.841. The fraction of sp³-hybridized carbons (Fsp3) is 0.273. The van der Waals surface area contributed by atoms with Crippen molar-refractivity contribution in [2.45, 2.75) is 13.3 Å². The van der Waals surface area contributed by atoms with Gasteiger partial charge in [0.15, 0.2) is 0 Å². The number of benzene rings is 2. The quantitative estimate of drug-likeness (QED) is 0.462. The van der Waals surface area contributed by atoms with Crippen molar-refractivity contribution in [2.75, 3.05) is 26.2 Å². The lowest BCUT2D eigenvalue weighted by Crippen LogP contribution is -2.34. The Bertz CT molecular complexity index is 858. The second-order valence-corrected chi connectivity index (χ2v) is 6.57. The molecule has 0 spiro atoms. The standard InChI is InChI=1S/C22H24N2O3/c1-17-7-2-4-10-20(17)21-11-5-3-8-18(21)15-23-27-14-13-24-12-6-9-19(16-24)22(25)26/h2-5,7-11,15H,6,12-14,16H2,1H3,(H,25,26). The molecule has 140 valence electrons. The molecule has 0 saturated carbocycles. The number of carboxylic acids is 1. The van der Waals surface area contributed by atoms with Gasteiger partial charge in [0.2, 0.25) is 0 Å². The van der Waals surface area contributed by atoms with Gasteiger partial charge in [-0.05, 0) is 30.0 Å². The van der Waals surface area contributed by atoms with E-state index in [1.54, 1.807) is 12.3 Å². The zero-order valence-corrected chi connectivity index (χ0v) is 15.5. The molecule has 0 unspecified atom stereocenters. The van der Waals surface area contributed by atoms with E-state index in [4.69, 9.17) is 9.94 Å². The van der Waals surface area contributed by atoms with Gasteiger partial charge in [-0.25, -0.2) is 4.79 Å². The van der Waals surface area contributed by atoms with Gasteiger partial charge in [-0.1, -0.05) is 59.8 Å². The van der Waals surface area contributed by atoms with Crippen molar-refractivity contribution in [3.05, 3.63) is 71.3 Å². The summed E-state index contributed by atoms with van der Waals surface area (Å²) in [6, 6.07) is 16.4. The molecule has 0 fully saturated rings. The van der Waals surface area contributed by atoms with Gasteiger partial charge >= 0.3 is 5.97 Å². The van der Waals surface area contributed by atoms with Crippen molar-refractivity contribution < 1.29 is 14.7 Å². The van der Waals surface area contributed by atoms with Gasteiger partial charge in [-0.15, -0.1) is 0 Å². The Morgan fingerprint density at radius 2 is 1.93 bits per heavy atom. The first-order valence-electron chi connectivity index (χ1n) is 9.10. The summed E-state index contributed by atoms with van der Waals surface area (Å²) in [5, 5.41) is 13.2. The summed E-state index contributed by atoms with van der Waals surface area (Å²) >= 11 is 0. The summed E-state index contributed by atoms with van der Waals surface area (Å²) in [7, 11) is 0. The molecule has 2 aromatic carbocycles. The van der Waals surface area contributed by atoms with Crippen LogP contribution in [-0.2, 0) is 9.63 Å². The predicted molar refractivity (Wildman–Crippen MR) is 107 cm³/mol. The van der Waals surface area contributed by atoms with E-state index < -0.39 is 5.97 Å². The van der Waals surface area contributed by atoms with E-state index >= 15 is 0 Å². The highest BCUT2D eigenvalue weighted by atomic mass is 16.6. The van der Waals surface area contributed by atoms with E-state index in [0.29, 0.717) is 25.3 Å². The Hall–Kier alpha value is -2.92. The molecule has 1 aliphatic rings. The fourth-order valence-electron chi connectivity index (χ4n) is 3.20. The van der Waals surface area contributed by atoms with Crippen LogP contribution in [0, 0.1) is 6.92 Å². The lowest BCUT2D eigenvalue weighted by Gasteiger charge is -2.24. The van der Waals surface area contributed by atoms with Crippen molar-refractivity contribution in [3.63, 3.8) is 0 Å². The molecular formula is C22H24N2O3. The van der Waals surface area contributed by atoms with E-state index in [-0.39, 0.29) is 0 Å². The van der Waals surface area contributed by atoms with Crippen molar-refractivity contribution in [1.29, 1.82) is 0 Å². The molecule has 1 N–H and O–H groups in total. The van der Waals surface area contributed by atoms with Gasteiger partial charge in [0, 0.05) is 30.8 Å². The summed E-state index contributed by atoms with van der Waals surface area (Å²) in [6.45, 7) is 4.48. The molecule has 0 bridgehead atoms. The number of hydrogen-bond acceptors (Lipinski definition) is 4. The number of aryl methyl sites for hydroxylation is 1. The summed E-state index contributed by atoms with van der Waals surface area (Å²) in [4.78, 5) is 18.5. The van der Waals surface area contributed by atoms with Crippen LogP contribution in [0.4, 0.5) is 0 Å². The minimum atomic E-state index is -0.841. The molecule has 5 nitrogen and oxygen atoms in total. The van der Waals surface area contributed by atoms with Crippen LogP contribution in [0.2, 0.25) is 0 Å². The van der Waals surface area contributed by atoms with Crippen LogP contribution in [0.15, 0.2) is 65.3 Å². The average Bonchev–Trinajstić information content (AvgIpc) is 2.69. The van der Waals surface area contributed by atoms with E-state index in [0.717, 1.165) is 24.1 Å². The van der Waals surface area contributed by atoms with Crippen LogP contribution < -0.4 is 0 Å². The molecule has 0 saturated heterocycles. The fourth-order valence-corrected chi connectivity index (χ4v) is 3.20. The Morgan fingerprint density at radius 1 is 1.19 bits per heavy atom. The molecule has 2 aromatic rings. The van der Waals surface area contributed by atoms with Crippen molar-refractivity contribution >= 4 is 12.2 Å². The lowest BCUT2D eigenvalue weighted by atomic mass is 9.97. The highest BCUT2D eigenvalue weighted by Gasteiger charge is 2.16. The van der Waals surface area contributed by atoms with Crippen molar-refractivity contribution in [3.8, 4) is 11.1 Å². The van der Waals surface area contributed by atoms with Crippen molar-refractivity contribution in [1.82, 2.24) is 4.90 Å². The summed E-state index contributed by atoms with van der Waals surface area (Å²) < 4.78 is 0. The Balaban J connectivity index is 1.56. The lowest BCUT2D eigenvalue weighted by molar-refractivity contribution is -0.133. The van der Waals surface area contributed by atoms with E-state index in [9.17, 15) is 4.79 Å². The smallest absolute Gasteiger partial charge is 0.332 e. The monoisotopic (exact) mass is 364 g/mol. The molecule has 0 aliphatic carbocycles. The van der Waals surface area contributed by atoms with Gasteiger partial charge in [0.25, 0.3) is 0 Å². The Kier molecular flexibility index (Phi) is 6.39. The van der Waals surface area contributed by atoms with Crippen LogP contribution in [-0.4, -0.2) is 48.4 Å². The molecule has 3 rings (SSSR count). The van der Waals surface area contributed by atoms with E-state index in [2.05, 4.69) is 35.2 Å². The first-order valence-corrected chi connectivity index (χ1v) is 9.10. The second-order valence-electron chi connectivity index (χ2n) is 6.57. The molecule has 0 aromatic heterocycles. The van der Waals surface area contributed by atoms with Crippen LogP contribution in [0.5, 0.6) is 0 Å². The zero-order chi connectivity index (χ0) is 19.1. The third kappa shape index (κ3) is 5.05. The number of carbonyl (C=O) groups is 1. The van der Waals surface area contributed by atoms with E-state index in [1.807, 2.05) is 30.3 Å². The Labute approximate surface area is 159 Å². The molecule has 27 heavy (non-hydrogen) atoms. The predicted octanol–water partition coefficient (Wildman–Crippen LogP) is 3.73. The maximum absolute atomic E-state index is 11.1. The van der Waals surface area contributed by atoms with Gasteiger partial charge in [0.1, 0.15) is 6.61 Å². The molecule has 0 radical (unpaired) electrons. The number of nitrogens with zero attached hydrogens (tertiary/aromatic N) is 2. The minimum absolute atomic E-state index is 0.427. The van der Waals surface area contributed by atoms with Gasteiger partial charge in [0.05, 0.1) is 6.21 Å². The summed E-state index contributed by atoms with van der Waals surface area (Å²) in [6.07, 6.45) is 4.29. The second kappa shape index (κ2) is 9.14. The summed E-state index contributed by atoms with van der Waals surface area (Å²) in [5.41, 5.74) is 4.97. The van der Waals surface area contributed by atoms with E-state index in [1.165, 1.54) is 11.1 Å². The third-order valence-corrected chi connectivity index (χ3v) is 4.67. The van der Waals surface area contributed by atoms with Crippen LogP contribution in [0.3, 0.4) is 0 Å². The van der Waals surface area contributed by atoms with Crippen LogP contribution in [0.25, 0.3) is 11.1 Å². The first-order chi connectivity index (χ1) is 13.1. The van der Waals surface area contributed by atoms with Crippen LogP contribution >= 0.6 is 0 Å². The third-order valence-electron chi connectivity index (χ3n) is 4.67. The minimum Gasteiger partial charge on any atom is -0.478 e. The molecular weight excluding hydrogens is 340 g/mol. The topological polar surface area (TPSA) is 62.1 Å². The largest absolute Gasteiger partial charge is 0.478 e. The van der Waals surface area contributed by atoms with Crippen molar-refractivity contribution in [2.24, 2.45) is 5.16 Å². The normalized spacial score (nSPS) is 14.9. The maximum atomic E-state index is 11.1.